The minimum absolute atomic E-state index is 0. The van der Waals surface area contributed by atoms with Crippen LogP contribution in [0.3, 0.4) is 0 Å². The number of hydrogen-bond donors (Lipinski definition) is 1. The monoisotopic (exact) mass is 266 g/mol. The van der Waals surface area contributed by atoms with Gasteiger partial charge >= 0.3 is 0 Å². The Morgan fingerprint density at radius 2 is 1.31 bits per heavy atom. The molecule has 1 aliphatic heterocycles. The third-order valence-corrected chi connectivity index (χ3v) is 4.19. The summed E-state index contributed by atoms with van der Waals surface area (Å²) in [4.78, 5) is 2.70. The first-order valence-electron chi connectivity index (χ1n) is 6.32. The lowest BCUT2D eigenvalue weighted by Crippen LogP contribution is -3.00. The van der Waals surface area contributed by atoms with Crippen LogP contribution in [0.25, 0.3) is 0 Å². The van der Waals surface area contributed by atoms with Crippen molar-refractivity contribution in [2.45, 2.75) is 56.9 Å². The summed E-state index contributed by atoms with van der Waals surface area (Å²) in [6, 6.07) is 0. The van der Waals surface area contributed by atoms with Crippen molar-refractivity contribution in [1.29, 1.82) is 0 Å². The van der Waals surface area contributed by atoms with Crippen LogP contribution in [-0.2, 0) is 0 Å². The SMILES string of the molecule is NCC1(N2CCCCC2)CCCCC1.[Cl-].[Cl-]. The second kappa shape index (κ2) is 7.75. The summed E-state index contributed by atoms with van der Waals surface area (Å²) in [5.74, 6) is 0. The molecule has 0 bridgehead atoms. The third-order valence-electron chi connectivity index (χ3n) is 4.19. The smallest absolute Gasteiger partial charge is 0.0331 e. The maximum Gasteiger partial charge on any atom is 0.0331 e. The summed E-state index contributed by atoms with van der Waals surface area (Å²) in [6.45, 7) is 3.49. The molecule has 4 heteroatoms. The van der Waals surface area contributed by atoms with Crippen molar-refractivity contribution < 1.29 is 24.8 Å². The van der Waals surface area contributed by atoms with E-state index in [0.717, 1.165) is 6.54 Å². The van der Waals surface area contributed by atoms with E-state index in [2.05, 4.69) is 4.90 Å². The van der Waals surface area contributed by atoms with Gasteiger partial charge in [-0.2, -0.15) is 0 Å². The molecule has 0 amide bonds. The Hall–Kier alpha value is 0.500. The van der Waals surface area contributed by atoms with Crippen LogP contribution < -0.4 is 30.5 Å². The van der Waals surface area contributed by atoms with Crippen LogP contribution in [0.1, 0.15) is 51.4 Å². The van der Waals surface area contributed by atoms with E-state index in [9.17, 15) is 0 Å². The average Bonchev–Trinajstić information content (AvgIpc) is 2.31. The molecular formula is C12H24Cl2N2-2. The highest BCUT2D eigenvalue weighted by Gasteiger charge is 2.36. The Morgan fingerprint density at radius 1 is 0.812 bits per heavy atom. The van der Waals surface area contributed by atoms with Crippen LogP contribution in [0.2, 0.25) is 0 Å². The van der Waals surface area contributed by atoms with Crippen molar-refractivity contribution in [2.75, 3.05) is 19.6 Å². The largest absolute Gasteiger partial charge is 1.00 e. The fourth-order valence-electron chi connectivity index (χ4n) is 3.23. The van der Waals surface area contributed by atoms with Gasteiger partial charge in [-0.15, -0.1) is 0 Å². The molecule has 1 saturated carbocycles. The lowest BCUT2D eigenvalue weighted by molar-refractivity contribution is -0.00100. The zero-order valence-corrected chi connectivity index (χ0v) is 11.6. The van der Waals surface area contributed by atoms with Crippen LogP contribution in [-0.4, -0.2) is 30.1 Å². The third kappa shape index (κ3) is 3.49. The van der Waals surface area contributed by atoms with Crippen LogP contribution in [0.15, 0.2) is 0 Å². The van der Waals surface area contributed by atoms with Gasteiger partial charge in [0.1, 0.15) is 0 Å². The van der Waals surface area contributed by atoms with Crippen LogP contribution in [0.4, 0.5) is 0 Å². The standard InChI is InChI=1S/C12H24N2.2ClH/c13-11-12(7-3-1-4-8-12)14-9-5-2-6-10-14;;/h1-11,13H2;2*1H/p-2. The first-order chi connectivity index (χ1) is 6.87. The Kier molecular flexibility index (Phi) is 8.00. The van der Waals surface area contributed by atoms with E-state index < -0.39 is 0 Å². The molecule has 2 fully saturated rings. The fourth-order valence-corrected chi connectivity index (χ4v) is 3.23. The molecule has 1 heterocycles. The van der Waals surface area contributed by atoms with Crippen molar-refractivity contribution >= 4 is 0 Å². The Labute approximate surface area is 112 Å². The van der Waals surface area contributed by atoms with E-state index in [1.807, 2.05) is 0 Å². The number of nitrogens with zero attached hydrogens (tertiary/aromatic N) is 1. The van der Waals surface area contributed by atoms with Gasteiger partial charge in [0.25, 0.3) is 0 Å². The molecule has 0 spiro atoms. The van der Waals surface area contributed by atoms with Crippen molar-refractivity contribution in [3.63, 3.8) is 0 Å². The van der Waals surface area contributed by atoms with E-state index in [0.29, 0.717) is 5.54 Å². The topological polar surface area (TPSA) is 29.3 Å². The van der Waals surface area contributed by atoms with Crippen LogP contribution >= 0.6 is 0 Å². The summed E-state index contributed by atoms with van der Waals surface area (Å²) in [7, 11) is 0. The van der Waals surface area contributed by atoms with E-state index in [-0.39, 0.29) is 24.8 Å². The molecule has 0 atom stereocenters. The van der Waals surface area contributed by atoms with Crippen molar-refractivity contribution in [3.8, 4) is 0 Å². The predicted octanol–water partition coefficient (Wildman–Crippen LogP) is -3.86. The minimum Gasteiger partial charge on any atom is -1.00 e. The molecule has 16 heavy (non-hydrogen) atoms. The number of halogens is 2. The summed E-state index contributed by atoms with van der Waals surface area (Å²) >= 11 is 0. The Bertz CT molecular complexity index is 176. The van der Waals surface area contributed by atoms with Gasteiger partial charge in [-0.05, 0) is 38.8 Å². The molecular weight excluding hydrogens is 243 g/mol. The van der Waals surface area contributed by atoms with Gasteiger partial charge in [-0.25, -0.2) is 0 Å². The Morgan fingerprint density at radius 3 is 1.81 bits per heavy atom. The molecule has 2 nitrogen and oxygen atoms in total. The maximum atomic E-state index is 6.03. The molecule has 1 saturated heterocycles. The molecule has 2 N–H and O–H groups in total. The van der Waals surface area contributed by atoms with Crippen LogP contribution in [0.5, 0.6) is 0 Å². The molecule has 1 aliphatic carbocycles. The highest BCUT2D eigenvalue weighted by molar-refractivity contribution is 4.94. The summed E-state index contributed by atoms with van der Waals surface area (Å²) in [5.41, 5.74) is 6.43. The van der Waals surface area contributed by atoms with Crippen molar-refractivity contribution in [1.82, 2.24) is 4.90 Å². The maximum absolute atomic E-state index is 6.03. The van der Waals surface area contributed by atoms with Gasteiger partial charge in [0, 0.05) is 12.1 Å². The quantitative estimate of drug-likeness (QED) is 0.555. The predicted molar refractivity (Wildman–Crippen MR) is 60.3 cm³/mol. The number of hydrogen-bond acceptors (Lipinski definition) is 2. The zero-order valence-electron chi connectivity index (χ0n) is 10.1. The summed E-state index contributed by atoms with van der Waals surface area (Å²) in [6.07, 6.45) is 11.1. The van der Waals surface area contributed by atoms with Gasteiger partial charge in [-0.1, -0.05) is 25.7 Å². The van der Waals surface area contributed by atoms with Gasteiger partial charge < -0.3 is 30.5 Å². The van der Waals surface area contributed by atoms with Gasteiger partial charge in [0.05, 0.1) is 0 Å². The summed E-state index contributed by atoms with van der Waals surface area (Å²) < 4.78 is 0. The van der Waals surface area contributed by atoms with E-state index in [4.69, 9.17) is 5.73 Å². The molecule has 98 valence electrons. The number of nitrogens with two attached hydrogens (primary N) is 1. The second-order valence-corrected chi connectivity index (χ2v) is 5.04. The molecule has 0 radical (unpaired) electrons. The molecule has 0 aromatic heterocycles. The lowest BCUT2D eigenvalue weighted by atomic mass is 9.79. The minimum atomic E-state index is 0. The number of rotatable bonds is 2. The first kappa shape index (κ1) is 16.5. The molecule has 0 aromatic carbocycles. The molecule has 0 aromatic rings. The highest BCUT2D eigenvalue weighted by Crippen LogP contribution is 2.34. The lowest BCUT2D eigenvalue weighted by Gasteiger charge is -2.47. The fraction of sp³-hybridized carbons (Fsp3) is 1.00. The van der Waals surface area contributed by atoms with Crippen molar-refractivity contribution in [2.24, 2.45) is 5.73 Å². The molecule has 2 aliphatic rings. The van der Waals surface area contributed by atoms with E-state index >= 15 is 0 Å². The molecule has 0 unspecified atom stereocenters. The van der Waals surface area contributed by atoms with Crippen molar-refractivity contribution in [3.05, 3.63) is 0 Å². The zero-order chi connectivity index (χ0) is 9.86. The van der Waals surface area contributed by atoms with Gasteiger partial charge in [-0.3, -0.25) is 4.90 Å². The Balaban J connectivity index is 0.00000112. The highest BCUT2D eigenvalue weighted by atomic mass is 35.5. The normalized spacial score (nSPS) is 25.3. The summed E-state index contributed by atoms with van der Waals surface area (Å²) in [5, 5.41) is 0. The van der Waals surface area contributed by atoms with E-state index in [1.165, 1.54) is 64.5 Å². The van der Waals surface area contributed by atoms with Gasteiger partial charge in [0.2, 0.25) is 0 Å². The number of piperidine rings is 1. The van der Waals surface area contributed by atoms with E-state index in [1.54, 1.807) is 0 Å². The number of likely N-dealkylation sites (tertiary alicyclic amines) is 1. The average molecular weight is 267 g/mol. The van der Waals surface area contributed by atoms with Crippen LogP contribution in [0, 0.1) is 0 Å². The van der Waals surface area contributed by atoms with Gasteiger partial charge in [0.15, 0.2) is 0 Å². The second-order valence-electron chi connectivity index (χ2n) is 5.04. The molecule has 2 rings (SSSR count). The first-order valence-corrected chi connectivity index (χ1v) is 6.32.